The number of likely N-dealkylation sites (tertiary alicyclic amines) is 1. The molecular weight excluding hydrogens is 232 g/mol. The smallest absolute Gasteiger partial charge is 0.0221 e. The Bertz CT molecular complexity index is 235. The Morgan fingerprint density at radius 2 is 1.68 bits per heavy atom. The first-order valence-electron chi connectivity index (χ1n) is 8.77. The van der Waals surface area contributed by atoms with Crippen molar-refractivity contribution in [3.05, 3.63) is 0 Å². The molecule has 2 N–H and O–H groups in total. The molecule has 1 saturated heterocycles. The molecule has 0 aromatic carbocycles. The summed E-state index contributed by atoms with van der Waals surface area (Å²) in [5.41, 5.74) is 6.10. The second-order valence-electron chi connectivity index (χ2n) is 6.87. The summed E-state index contributed by atoms with van der Waals surface area (Å²) >= 11 is 0. The van der Waals surface area contributed by atoms with E-state index in [-0.39, 0.29) is 0 Å². The van der Waals surface area contributed by atoms with Gasteiger partial charge in [-0.1, -0.05) is 45.4 Å². The van der Waals surface area contributed by atoms with Crippen molar-refractivity contribution in [1.82, 2.24) is 4.90 Å². The Morgan fingerprint density at radius 1 is 0.947 bits per heavy atom. The van der Waals surface area contributed by atoms with Crippen molar-refractivity contribution < 1.29 is 0 Å². The average molecular weight is 266 g/mol. The van der Waals surface area contributed by atoms with Gasteiger partial charge in [-0.3, -0.25) is 4.90 Å². The van der Waals surface area contributed by atoms with Crippen LogP contribution < -0.4 is 5.73 Å². The van der Waals surface area contributed by atoms with Gasteiger partial charge < -0.3 is 5.73 Å². The van der Waals surface area contributed by atoms with Gasteiger partial charge in [-0.2, -0.15) is 0 Å². The van der Waals surface area contributed by atoms with Crippen molar-refractivity contribution in [3.8, 4) is 0 Å². The zero-order valence-corrected chi connectivity index (χ0v) is 12.9. The summed E-state index contributed by atoms with van der Waals surface area (Å²) in [6, 6.07) is 0.665. The van der Waals surface area contributed by atoms with Gasteiger partial charge in [0.25, 0.3) is 0 Å². The molecule has 112 valence electrons. The number of rotatable bonds is 5. The van der Waals surface area contributed by atoms with Crippen LogP contribution in [0.5, 0.6) is 0 Å². The number of nitrogens with two attached hydrogens (primary N) is 1. The van der Waals surface area contributed by atoms with Gasteiger partial charge in [0.05, 0.1) is 0 Å². The Kier molecular flexibility index (Phi) is 6.66. The molecular formula is C17H34N2. The zero-order chi connectivity index (χ0) is 13.5. The molecule has 0 amide bonds. The van der Waals surface area contributed by atoms with Crippen molar-refractivity contribution in [1.29, 1.82) is 0 Å². The predicted molar refractivity (Wildman–Crippen MR) is 83.2 cm³/mol. The van der Waals surface area contributed by atoms with E-state index in [4.69, 9.17) is 5.73 Å². The molecule has 0 radical (unpaired) electrons. The number of hydrogen-bond acceptors (Lipinski definition) is 2. The van der Waals surface area contributed by atoms with E-state index < -0.39 is 0 Å². The van der Waals surface area contributed by atoms with E-state index in [1.54, 1.807) is 0 Å². The summed E-state index contributed by atoms with van der Waals surface area (Å²) in [6.45, 7) is 5.81. The molecule has 1 aliphatic carbocycles. The maximum Gasteiger partial charge on any atom is 0.0221 e. The topological polar surface area (TPSA) is 29.3 Å². The maximum atomic E-state index is 6.10. The van der Waals surface area contributed by atoms with Crippen LogP contribution in [-0.2, 0) is 0 Å². The molecule has 0 spiro atoms. The van der Waals surface area contributed by atoms with E-state index in [0.717, 1.165) is 18.4 Å². The highest BCUT2D eigenvalue weighted by molar-refractivity contribution is 4.80. The molecule has 0 aromatic rings. The zero-order valence-electron chi connectivity index (χ0n) is 12.9. The first-order chi connectivity index (χ1) is 9.33. The minimum absolute atomic E-state index is 0.665. The van der Waals surface area contributed by atoms with Gasteiger partial charge in [0, 0.05) is 12.6 Å². The normalized spacial score (nSPS) is 29.1. The van der Waals surface area contributed by atoms with Gasteiger partial charge in [0.1, 0.15) is 0 Å². The first kappa shape index (κ1) is 15.3. The molecule has 2 heteroatoms. The summed E-state index contributed by atoms with van der Waals surface area (Å²) < 4.78 is 0. The monoisotopic (exact) mass is 266 g/mol. The molecule has 0 bridgehead atoms. The quantitative estimate of drug-likeness (QED) is 0.820. The van der Waals surface area contributed by atoms with E-state index >= 15 is 0 Å². The second kappa shape index (κ2) is 8.26. The van der Waals surface area contributed by atoms with Gasteiger partial charge >= 0.3 is 0 Å². The third-order valence-corrected chi connectivity index (χ3v) is 5.58. The molecule has 2 nitrogen and oxygen atoms in total. The lowest BCUT2D eigenvalue weighted by molar-refractivity contribution is 0.163. The average Bonchev–Trinajstić information content (AvgIpc) is 2.71. The molecule has 2 fully saturated rings. The molecule has 0 aromatic heterocycles. The summed E-state index contributed by atoms with van der Waals surface area (Å²) in [6.07, 6.45) is 14.3. The highest BCUT2D eigenvalue weighted by atomic mass is 15.2. The van der Waals surface area contributed by atoms with E-state index in [0.29, 0.717) is 6.04 Å². The van der Waals surface area contributed by atoms with Gasteiger partial charge in [-0.15, -0.1) is 0 Å². The SMILES string of the molecule is CCC1CCCN(C(CN)CC2CCCCC2)CC1. The van der Waals surface area contributed by atoms with Crippen LogP contribution in [-0.4, -0.2) is 30.6 Å². The molecule has 1 saturated carbocycles. The minimum atomic E-state index is 0.665. The fourth-order valence-corrected chi connectivity index (χ4v) is 4.16. The van der Waals surface area contributed by atoms with Crippen molar-refractivity contribution >= 4 is 0 Å². The summed E-state index contributed by atoms with van der Waals surface area (Å²) in [4.78, 5) is 2.73. The van der Waals surface area contributed by atoms with Crippen LogP contribution in [0.25, 0.3) is 0 Å². The molecule has 1 heterocycles. The van der Waals surface area contributed by atoms with Crippen LogP contribution in [0.1, 0.15) is 71.1 Å². The van der Waals surface area contributed by atoms with Crippen LogP contribution >= 0.6 is 0 Å². The predicted octanol–water partition coefficient (Wildman–Crippen LogP) is 3.80. The maximum absolute atomic E-state index is 6.10. The highest BCUT2D eigenvalue weighted by Crippen LogP contribution is 2.29. The lowest BCUT2D eigenvalue weighted by Gasteiger charge is -2.34. The standard InChI is InChI=1S/C17H34N2/c1-2-15-9-6-11-19(12-10-15)17(14-18)13-16-7-4-3-5-8-16/h15-17H,2-14,18H2,1H3. The first-order valence-corrected chi connectivity index (χ1v) is 8.77. The molecule has 19 heavy (non-hydrogen) atoms. The largest absolute Gasteiger partial charge is 0.329 e. The van der Waals surface area contributed by atoms with Crippen LogP contribution in [0.4, 0.5) is 0 Å². The third kappa shape index (κ3) is 4.75. The Balaban J connectivity index is 1.82. The van der Waals surface area contributed by atoms with Gasteiger partial charge in [0.2, 0.25) is 0 Å². The van der Waals surface area contributed by atoms with Gasteiger partial charge in [0.15, 0.2) is 0 Å². The van der Waals surface area contributed by atoms with Crippen molar-refractivity contribution in [2.75, 3.05) is 19.6 Å². The van der Waals surface area contributed by atoms with E-state index in [1.807, 2.05) is 0 Å². The van der Waals surface area contributed by atoms with E-state index in [9.17, 15) is 0 Å². The number of hydrogen-bond donors (Lipinski definition) is 1. The van der Waals surface area contributed by atoms with Gasteiger partial charge in [-0.25, -0.2) is 0 Å². The van der Waals surface area contributed by atoms with Crippen LogP contribution in [0.3, 0.4) is 0 Å². The molecule has 1 aliphatic heterocycles. The van der Waals surface area contributed by atoms with Gasteiger partial charge in [-0.05, 0) is 50.6 Å². The second-order valence-corrected chi connectivity index (χ2v) is 6.87. The Morgan fingerprint density at radius 3 is 2.37 bits per heavy atom. The van der Waals surface area contributed by atoms with E-state index in [2.05, 4.69) is 11.8 Å². The lowest BCUT2D eigenvalue weighted by Crippen LogP contribution is -2.42. The summed E-state index contributed by atoms with van der Waals surface area (Å²) in [5, 5.41) is 0. The van der Waals surface area contributed by atoms with Crippen LogP contribution in [0.2, 0.25) is 0 Å². The molecule has 2 unspecified atom stereocenters. The molecule has 2 atom stereocenters. The highest BCUT2D eigenvalue weighted by Gasteiger charge is 2.25. The fourth-order valence-electron chi connectivity index (χ4n) is 4.16. The molecule has 2 rings (SSSR count). The van der Waals surface area contributed by atoms with E-state index in [1.165, 1.54) is 77.3 Å². The lowest BCUT2D eigenvalue weighted by atomic mass is 9.84. The minimum Gasteiger partial charge on any atom is -0.329 e. The van der Waals surface area contributed by atoms with Crippen molar-refractivity contribution in [3.63, 3.8) is 0 Å². The van der Waals surface area contributed by atoms with Crippen molar-refractivity contribution in [2.24, 2.45) is 17.6 Å². The Labute approximate surface area is 120 Å². The molecule has 2 aliphatic rings. The summed E-state index contributed by atoms with van der Waals surface area (Å²) in [7, 11) is 0. The van der Waals surface area contributed by atoms with Crippen LogP contribution in [0, 0.1) is 11.8 Å². The summed E-state index contributed by atoms with van der Waals surface area (Å²) in [5.74, 6) is 1.94. The van der Waals surface area contributed by atoms with Crippen molar-refractivity contribution in [2.45, 2.75) is 77.2 Å². The van der Waals surface area contributed by atoms with Crippen LogP contribution in [0.15, 0.2) is 0 Å². The third-order valence-electron chi connectivity index (χ3n) is 5.58. The number of nitrogens with zero attached hydrogens (tertiary/aromatic N) is 1. The fraction of sp³-hybridized carbons (Fsp3) is 1.00. The Hall–Kier alpha value is -0.0800.